The SMILES string of the molecule is CCC(CC)NC(=O)NCCn1nc(-c2ccccn2)c2c1CCCC2. The number of rotatable bonds is 7. The lowest BCUT2D eigenvalue weighted by Gasteiger charge is -2.16. The Morgan fingerprint density at radius 2 is 2.04 bits per heavy atom. The van der Waals surface area contributed by atoms with Gasteiger partial charge in [-0.1, -0.05) is 19.9 Å². The first-order valence-corrected chi connectivity index (χ1v) is 9.77. The molecule has 0 aromatic carbocycles. The number of hydrogen-bond acceptors (Lipinski definition) is 3. The number of carbonyl (C=O) groups is 1. The van der Waals surface area contributed by atoms with E-state index in [0.717, 1.165) is 37.1 Å². The zero-order valence-electron chi connectivity index (χ0n) is 15.8. The Bertz CT molecular complexity index is 721. The minimum absolute atomic E-state index is 0.0929. The zero-order chi connectivity index (χ0) is 18.4. The summed E-state index contributed by atoms with van der Waals surface area (Å²) in [5.74, 6) is 0. The topological polar surface area (TPSA) is 71.8 Å². The van der Waals surface area contributed by atoms with Gasteiger partial charge in [0.05, 0.1) is 12.2 Å². The van der Waals surface area contributed by atoms with Crippen LogP contribution < -0.4 is 10.6 Å². The fourth-order valence-corrected chi connectivity index (χ4v) is 3.57. The van der Waals surface area contributed by atoms with E-state index in [1.54, 1.807) is 0 Å². The van der Waals surface area contributed by atoms with Gasteiger partial charge in [0.2, 0.25) is 0 Å². The van der Waals surface area contributed by atoms with Crippen molar-refractivity contribution in [1.29, 1.82) is 0 Å². The molecule has 1 aliphatic rings. The Morgan fingerprint density at radius 1 is 1.23 bits per heavy atom. The van der Waals surface area contributed by atoms with Crippen molar-refractivity contribution in [2.45, 2.75) is 65.0 Å². The smallest absolute Gasteiger partial charge is 0.315 e. The average molecular weight is 355 g/mol. The molecule has 0 spiro atoms. The number of hydrogen-bond donors (Lipinski definition) is 2. The van der Waals surface area contributed by atoms with E-state index in [-0.39, 0.29) is 12.1 Å². The van der Waals surface area contributed by atoms with Gasteiger partial charge in [-0.25, -0.2) is 4.79 Å². The first-order chi connectivity index (χ1) is 12.7. The van der Waals surface area contributed by atoms with Gasteiger partial charge in [0.25, 0.3) is 0 Å². The van der Waals surface area contributed by atoms with E-state index in [0.29, 0.717) is 13.1 Å². The Labute approximate surface area is 155 Å². The number of nitrogens with zero attached hydrogens (tertiary/aromatic N) is 3. The normalized spacial score (nSPS) is 13.5. The molecule has 6 heteroatoms. The minimum Gasteiger partial charge on any atom is -0.336 e. The van der Waals surface area contributed by atoms with E-state index < -0.39 is 0 Å². The Morgan fingerprint density at radius 3 is 2.77 bits per heavy atom. The fourth-order valence-electron chi connectivity index (χ4n) is 3.57. The molecule has 0 aliphatic heterocycles. The van der Waals surface area contributed by atoms with Crippen molar-refractivity contribution in [2.75, 3.05) is 6.54 Å². The Hall–Kier alpha value is -2.37. The molecule has 2 N–H and O–H groups in total. The summed E-state index contributed by atoms with van der Waals surface area (Å²) in [5.41, 5.74) is 4.57. The van der Waals surface area contributed by atoms with Crippen molar-refractivity contribution in [2.24, 2.45) is 0 Å². The first-order valence-electron chi connectivity index (χ1n) is 9.77. The molecular weight excluding hydrogens is 326 g/mol. The predicted molar refractivity (Wildman–Crippen MR) is 103 cm³/mol. The summed E-state index contributed by atoms with van der Waals surface area (Å²) in [6.45, 7) is 5.43. The van der Waals surface area contributed by atoms with Gasteiger partial charge in [0, 0.05) is 30.0 Å². The van der Waals surface area contributed by atoms with Crippen LogP contribution in [-0.2, 0) is 19.4 Å². The summed E-state index contributed by atoms with van der Waals surface area (Å²) in [6.07, 6.45) is 8.22. The molecule has 2 heterocycles. The highest BCUT2D eigenvalue weighted by Crippen LogP contribution is 2.30. The summed E-state index contributed by atoms with van der Waals surface area (Å²) in [6, 6.07) is 6.09. The third-order valence-corrected chi connectivity index (χ3v) is 5.09. The molecule has 6 nitrogen and oxygen atoms in total. The fraction of sp³-hybridized carbons (Fsp3) is 0.550. The Kier molecular flexibility index (Phi) is 6.26. The molecule has 0 radical (unpaired) electrons. The molecule has 2 amide bonds. The van der Waals surface area contributed by atoms with E-state index in [1.165, 1.54) is 24.1 Å². The molecule has 2 aromatic rings. The number of pyridine rings is 1. The molecule has 3 rings (SSSR count). The van der Waals surface area contributed by atoms with Gasteiger partial charge in [0.15, 0.2) is 0 Å². The van der Waals surface area contributed by atoms with Gasteiger partial charge in [-0.05, 0) is 50.7 Å². The number of carbonyl (C=O) groups excluding carboxylic acids is 1. The summed E-state index contributed by atoms with van der Waals surface area (Å²) in [4.78, 5) is 16.5. The lowest BCUT2D eigenvalue weighted by molar-refractivity contribution is 0.235. The quantitative estimate of drug-likeness (QED) is 0.800. The van der Waals surface area contributed by atoms with Gasteiger partial charge in [-0.2, -0.15) is 5.10 Å². The van der Waals surface area contributed by atoms with Crippen LogP contribution in [0.4, 0.5) is 4.79 Å². The van der Waals surface area contributed by atoms with Gasteiger partial charge >= 0.3 is 6.03 Å². The molecule has 1 aliphatic carbocycles. The maximum atomic E-state index is 12.0. The molecule has 26 heavy (non-hydrogen) atoms. The zero-order valence-corrected chi connectivity index (χ0v) is 15.8. The monoisotopic (exact) mass is 355 g/mol. The van der Waals surface area contributed by atoms with E-state index >= 15 is 0 Å². The highest BCUT2D eigenvalue weighted by atomic mass is 16.2. The third-order valence-electron chi connectivity index (χ3n) is 5.09. The van der Waals surface area contributed by atoms with Crippen LogP contribution in [0.2, 0.25) is 0 Å². The molecule has 0 fully saturated rings. The van der Waals surface area contributed by atoms with Crippen LogP contribution in [0.25, 0.3) is 11.4 Å². The van der Waals surface area contributed by atoms with E-state index in [1.807, 2.05) is 24.4 Å². The molecular formula is C20H29N5O. The molecule has 0 unspecified atom stereocenters. The highest BCUT2D eigenvalue weighted by molar-refractivity contribution is 5.74. The van der Waals surface area contributed by atoms with E-state index in [2.05, 4.69) is 34.1 Å². The highest BCUT2D eigenvalue weighted by Gasteiger charge is 2.22. The first kappa shape index (κ1) is 18.4. The van der Waals surface area contributed by atoms with Crippen LogP contribution >= 0.6 is 0 Å². The van der Waals surface area contributed by atoms with E-state index in [4.69, 9.17) is 5.10 Å². The van der Waals surface area contributed by atoms with Crippen molar-refractivity contribution in [3.05, 3.63) is 35.7 Å². The maximum Gasteiger partial charge on any atom is 0.315 e. The number of amides is 2. The van der Waals surface area contributed by atoms with Crippen molar-refractivity contribution in [1.82, 2.24) is 25.4 Å². The number of nitrogens with one attached hydrogen (secondary N) is 2. The lowest BCUT2D eigenvalue weighted by Crippen LogP contribution is -2.42. The Balaban J connectivity index is 1.67. The second-order valence-corrected chi connectivity index (χ2v) is 6.83. The third kappa shape index (κ3) is 4.23. The number of aromatic nitrogens is 3. The molecule has 0 saturated heterocycles. The predicted octanol–water partition coefficient (Wildman–Crippen LogP) is 3.31. The van der Waals surface area contributed by atoms with Crippen LogP contribution in [0.1, 0.15) is 50.8 Å². The van der Waals surface area contributed by atoms with Crippen molar-refractivity contribution in [3.8, 4) is 11.4 Å². The average Bonchev–Trinajstić information content (AvgIpc) is 3.06. The molecule has 0 saturated carbocycles. The summed E-state index contributed by atoms with van der Waals surface area (Å²) < 4.78 is 2.07. The van der Waals surface area contributed by atoms with E-state index in [9.17, 15) is 4.79 Å². The van der Waals surface area contributed by atoms with Crippen LogP contribution in [0.15, 0.2) is 24.4 Å². The van der Waals surface area contributed by atoms with Gasteiger partial charge < -0.3 is 10.6 Å². The second-order valence-electron chi connectivity index (χ2n) is 6.83. The van der Waals surface area contributed by atoms with Crippen LogP contribution in [0.3, 0.4) is 0 Å². The number of urea groups is 1. The molecule has 0 bridgehead atoms. The summed E-state index contributed by atoms with van der Waals surface area (Å²) >= 11 is 0. The van der Waals surface area contributed by atoms with Crippen LogP contribution in [0.5, 0.6) is 0 Å². The van der Waals surface area contributed by atoms with Crippen molar-refractivity contribution < 1.29 is 4.79 Å². The largest absolute Gasteiger partial charge is 0.336 e. The standard InChI is InChI=1S/C20H29N5O/c1-3-15(4-2)23-20(26)22-13-14-25-18-11-6-5-9-16(18)19(24-25)17-10-7-8-12-21-17/h7-8,10,12,15H,3-6,9,11,13-14H2,1-2H3,(H2,22,23,26). The minimum atomic E-state index is -0.0929. The summed E-state index contributed by atoms with van der Waals surface area (Å²) in [5, 5.41) is 10.8. The molecule has 140 valence electrons. The van der Waals surface area contributed by atoms with Gasteiger partial charge in [-0.15, -0.1) is 0 Å². The van der Waals surface area contributed by atoms with Crippen LogP contribution in [0, 0.1) is 0 Å². The molecule has 0 atom stereocenters. The van der Waals surface area contributed by atoms with Crippen LogP contribution in [-0.4, -0.2) is 33.4 Å². The molecule has 2 aromatic heterocycles. The van der Waals surface area contributed by atoms with Crippen molar-refractivity contribution >= 4 is 6.03 Å². The lowest BCUT2D eigenvalue weighted by atomic mass is 9.95. The second kappa shape index (κ2) is 8.83. The summed E-state index contributed by atoms with van der Waals surface area (Å²) in [7, 11) is 0. The van der Waals surface area contributed by atoms with Gasteiger partial charge in [0.1, 0.15) is 5.69 Å². The van der Waals surface area contributed by atoms with Crippen molar-refractivity contribution in [3.63, 3.8) is 0 Å². The number of fused-ring (bicyclic) bond motifs is 1. The maximum absolute atomic E-state index is 12.0. The van der Waals surface area contributed by atoms with Gasteiger partial charge in [-0.3, -0.25) is 9.67 Å².